The van der Waals surface area contributed by atoms with Crippen LogP contribution in [0.15, 0.2) is 0 Å². The molecule has 4 aliphatic carbocycles. The number of β-amino-alcohol motifs (C(OH)–C–C–N with tert-alkyl or cyclic N) is 1. The molecule has 6 nitrogen and oxygen atoms in total. The second-order valence-corrected chi connectivity index (χ2v) is 9.57. The van der Waals surface area contributed by atoms with E-state index in [0.29, 0.717) is 38.3 Å². The quantitative estimate of drug-likeness (QED) is 0.735. The van der Waals surface area contributed by atoms with Crippen LogP contribution in [-0.4, -0.2) is 79.6 Å². The molecule has 1 heterocycles. The van der Waals surface area contributed by atoms with E-state index in [1.807, 2.05) is 6.92 Å². The van der Waals surface area contributed by atoms with Crippen LogP contribution in [0.2, 0.25) is 0 Å². The number of carbonyl (C=O) groups is 1. The number of hydrogen-bond donors (Lipinski definition) is 1. The fourth-order valence-corrected chi connectivity index (χ4v) is 6.56. The maximum absolute atomic E-state index is 11.7. The van der Waals surface area contributed by atoms with Gasteiger partial charge in [0.25, 0.3) is 0 Å². The van der Waals surface area contributed by atoms with E-state index in [2.05, 4.69) is 4.90 Å². The molecule has 1 amide bonds. The van der Waals surface area contributed by atoms with Crippen molar-refractivity contribution in [1.29, 1.82) is 0 Å². The van der Waals surface area contributed by atoms with Gasteiger partial charge in [0.2, 0.25) is 0 Å². The Balaban J connectivity index is 1.15. The fourth-order valence-electron chi connectivity index (χ4n) is 6.56. The van der Waals surface area contributed by atoms with Crippen LogP contribution in [0.3, 0.4) is 0 Å². The van der Waals surface area contributed by atoms with Crippen LogP contribution in [0, 0.1) is 23.2 Å². The third kappa shape index (κ3) is 4.60. The Hall–Kier alpha value is -0.850. The molecule has 0 radical (unpaired) electrons. The zero-order valence-corrected chi connectivity index (χ0v) is 16.8. The molecule has 1 saturated heterocycles. The van der Waals surface area contributed by atoms with Crippen LogP contribution < -0.4 is 0 Å². The number of hydrogen-bond acceptors (Lipinski definition) is 5. The Morgan fingerprint density at radius 3 is 2.22 bits per heavy atom. The first kappa shape index (κ1) is 19.5. The van der Waals surface area contributed by atoms with E-state index in [1.54, 1.807) is 4.90 Å². The number of carbonyl (C=O) groups excluding carboxylic acids is 1. The van der Waals surface area contributed by atoms with E-state index in [9.17, 15) is 9.90 Å². The molecule has 0 aromatic carbocycles. The minimum atomic E-state index is -0.451. The van der Waals surface area contributed by atoms with Gasteiger partial charge < -0.3 is 19.5 Å². The van der Waals surface area contributed by atoms with Crippen molar-refractivity contribution in [2.45, 2.75) is 51.6 Å². The highest BCUT2D eigenvalue weighted by Crippen LogP contribution is 2.60. The largest absolute Gasteiger partial charge is 0.450 e. The van der Waals surface area contributed by atoms with Gasteiger partial charge in [-0.05, 0) is 68.6 Å². The zero-order chi connectivity index (χ0) is 18.9. The van der Waals surface area contributed by atoms with E-state index >= 15 is 0 Å². The first-order chi connectivity index (χ1) is 13.0. The molecular weight excluding hydrogens is 344 g/mol. The summed E-state index contributed by atoms with van der Waals surface area (Å²) >= 11 is 0. The highest BCUT2D eigenvalue weighted by molar-refractivity contribution is 5.67. The molecule has 1 unspecified atom stereocenters. The Morgan fingerprint density at radius 1 is 1.07 bits per heavy atom. The van der Waals surface area contributed by atoms with Crippen molar-refractivity contribution in [3.63, 3.8) is 0 Å². The van der Waals surface area contributed by atoms with Crippen molar-refractivity contribution in [2.24, 2.45) is 23.2 Å². The van der Waals surface area contributed by atoms with Gasteiger partial charge in [-0.25, -0.2) is 4.79 Å². The summed E-state index contributed by atoms with van der Waals surface area (Å²) in [4.78, 5) is 15.7. The van der Waals surface area contributed by atoms with E-state index < -0.39 is 6.10 Å². The van der Waals surface area contributed by atoms with Crippen LogP contribution in [0.4, 0.5) is 4.79 Å². The van der Waals surface area contributed by atoms with Gasteiger partial charge in [-0.2, -0.15) is 0 Å². The fraction of sp³-hybridized carbons (Fsp3) is 0.952. The Kier molecular flexibility index (Phi) is 5.95. The van der Waals surface area contributed by atoms with Gasteiger partial charge in [0.05, 0.1) is 25.9 Å². The summed E-state index contributed by atoms with van der Waals surface area (Å²) in [6.45, 7) is 7.03. The van der Waals surface area contributed by atoms with Gasteiger partial charge in [0.1, 0.15) is 0 Å². The van der Waals surface area contributed by atoms with Gasteiger partial charge in [-0.15, -0.1) is 0 Å². The smallest absolute Gasteiger partial charge is 0.409 e. The Morgan fingerprint density at radius 2 is 1.67 bits per heavy atom. The lowest BCUT2D eigenvalue weighted by Crippen LogP contribution is -2.51. The topological polar surface area (TPSA) is 62.2 Å². The molecule has 5 aliphatic rings. The third-order valence-corrected chi connectivity index (χ3v) is 7.25. The summed E-state index contributed by atoms with van der Waals surface area (Å²) in [5, 5.41) is 10.4. The summed E-state index contributed by atoms with van der Waals surface area (Å²) in [7, 11) is 0. The summed E-state index contributed by atoms with van der Waals surface area (Å²) < 4.78 is 11.1. The van der Waals surface area contributed by atoms with E-state index in [1.165, 1.54) is 38.5 Å². The number of rotatable bonds is 7. The molecule has 1 aliphatic heterocycles. The average molecular weight is 381 g/mol. The summed E-state index contributed by atoms with van der Waals surface area (Å²) in [6.07, 6.45) is 7.75. The second kappa shape index (κ2) is 8.26. The number of amides is 1. The second-order valence-electron chi connectivity index (χ2n) is 9.57. The molecule has 1 N–H and O–H groups in total. The molecule has 5 fully saturated rings. The molecule has 0 aromatic heterocycles. The van der Waals surface area contributed by atoms with Crippen molar-refractivity contribution in [2.75, 3.05) is 52.5 Å². The molecule has 0 aromatic rings. The van der Waals surface area contributed by atoms with Gasteiger partial charge in [-0.1, -0.05) is 0 Å². The number of ether oxygens (including phenoxy) is 2. The number of nitrogens with zero attached hydrogens (tertiary/aromatic N) is 2. The zero-order valence-electron chi connectivity index (χ0n) is 16.8. The molecular formula is C21H36N2O4. The van der Waals surface area contributed by atoms with E-state index in [0.717, 1.165) is 37.5 Å². The van der Waals surface area contributed by atoms with Crippen molar-refractivity contribution < 1.29 is 19.4 Å². The maximum atomic E-state index is 11.7. The van der Waals surface area contributed by atoms with Crippen LogP contribution in [-0.2, 0) is 9.47 Å². The molecule has 0 spiro atoms. The average Bonchev–Trinajstić information content (AvgIpc) is 2.61. The molecule has 6 heteroatoms. The van der Waals surface area contributed by atoms with Crippen molar-refractivity contribution in [3.8, 4) is 0 Å². The Labute approximate surface area is 163 Å². The lowest BCUT2D eigenvalue weighted by molar-refractivity contribution is -0.107. The minimum absolute atomic E-state index is 0.225. The standard InChI is InChI=1S/C21H36N2O4/c1-2-27-20(25)23-5-3-22(4-6-23)13-19(24)14-26-15-21-10-16-7-17(11-21)9-18(8-16)12-21/h16-19,24H,2-15H2,1H3. The van der Waals surface area contributed by atoms with Gasteiger partial charge in [0, 0.05) is 32.7 Å². The first-order valence-electron chi connectivity index (χ1n) is 10.9. The van der Waals surface area contributed by atoms with E-state index in [4.69, 9.17) is 9.47 Å². The van der Waals surface area contributed by atoms with Crippen molar-refractivity contribution >= 4 is 6.09 Å². The van der Waals surface area contributed by atoms with Gasteiger partial charge in [-0.3, -0.25) is 4.90 Å². The van der Waals surface area contributed by atoms with E-state index in [-0.39, 0.29) is 6.09 Å². The highest BCUT2D eigenvalue weighted by Gasteiger charge is 2.50. The van der Waals surface area contributed by atoms with Crippen LogP contribution in [0.5, 0.6) is 0 Å². The van der Waals surface area contributed by atoms with Crippen molar-refractivity contribution in [1.82, 2.24) is 9.80 Å². The first-order valence-corrected chi connectivity index (χ1v) is 10.9. The number of aliphatic hydroxyl groups is 1. The van der Waals surface area contributed by atoms with Gasteiger partial charge in [0.15, 0.2) is 0 Å². The minimum Gasteiger partial charge on any atom is -0.450 e. The lowest BCUT2D eigenvalue weighted by Gasteiger charge is -2.56. The molecule has 27 heavy (non-hydrogen) atoms. The van der Waals surface area contributed by atoms with Gasteiger partial charge >= 0.3 is 6.09 Å². The molecule has 5 rings (SSSR count). The predicted molar refractivity (Wildman–Crippen MR) is 102 cm³/mol. The molecule has 4 bridgehead atoms. The molecule has 1 atom stereocenters. The summed E-state index contributed by atoms with van der Waals surface area (Å²) in [5.41, 5.74) is 0.416. The highest BCUT2D eigenvalue weighted by atomic mass is 16.6. The summed E-state index contributed by atoms with van der Waals surface area (Å²) in [5.74, 6) is 2.83. The predicted octanol–water partition coefficient (Wildman–Crippen LogP) is 2.35. The third-order valence-electron chi connectivity index (χ3n) is 7.25. The summed E-state index contributed by atoms with van der Waals surface area (Å²) in [6, 6.07) is 0. The normalized spacial score (nSPS) is 36.8. The number of aliphatic hydroxyl groups excluding tert-OH is 1. The molecule has 154 valence electrons. The van der Waals surface area contributed by atoms with Crippen LogP contribution in [0.25, 0.3) is 0 Å². The van der Waals surface area contributed by atoms with Crippen LogP contribution >= 0.6 is 0 Å². The monoisotopic (exact) mass is 380 g/mol. The lowest BCUT2D eigenvalue weighted by atomic mass is 9.50. The van der Waals surface area contributed by atoms with Crippen molar-refractivity contribution in [3.05, 3.63) is 0 Å². The SMILES string of the molecule is CCOC(=O)N1CCN(CC(O)COCC23CC4CC(CC(C4)C2)C3)CC1. The number of piperazine rings is 1. The Bertz CT molecular complexity index is 483. The maximum Gasteiger partial charge on any atom is 0.409 e. The van der Waals surface area contributed by atoms with Crippen LogP contribution in [0.1, 0.15) is 45.4 Å². The molecule has 4 saturated carbocycles.